The zero-order valence-corrected chi connectivity index (χ0v) is 20.2. The van der Waals surface area contributed by atoms with Crippen molar-refractivity contribution in [3.8, 4) is 22.8 Å². The Balaban J connectivity index is 1.56. The summed E-state index contributed by atoms with van der Waals surface area (Å²) in [7, 11) is 0. The van der Waals surface area contributed by atoms with Crippen LogP contribution in [0.4, 0.5) is 5.69 Å². The molecule has 0 aliphatic heterocycles. The van der Waals surface area contributed by atoms with E-state index in [2.05, 4.69) is 15.5 Å². The zero-order chi connectivity index (χ0) is 24.8. The Morgan fingerprint density at radius 1 is 0.971 bits per heavy atom. The van der Waals surface area contributed by atoms with Gasteiger partial charge in [-0.2, -0.15) is 0 Å². The van der Waals surface area contributed by atoms with E-state index < -0.39 is 5.91 Å². The van der Waals surface area contributed by atoms with Gasteiger partial charge in [-0.05, 0) is 62.4 Å². The van der Waals surface area contributed by atoms with E-state index in [4.69, 9.17) is 10.5 Å². The molecule has 2 amide bonds. The highest BCUT2D eigenvalue weighted by molar-refractivity contribution is 7.99. The molecule has 4 aromatic rings. The van der Waals surface area contributed by atoms with E-state index in [0.29, 0.717) is 28.8 Å². The number of benzene rings is 3. The average molecular weight is 488 g/mol. The van der Waals surface area contributed by atoms with Crippen LogP contribution in [0.5, 0.6) is 5.75 Å². The van der Waals surface area contributed by atoms with Gasteiger partial charge < -0.3 is 15.8 Å². The first-order chi connectivity index (χ1) is 16.9. The first kappa shape index (κ1) is 24.0. The van der Waals surface area contributed by atoms with Gasteiger partial charge in [0.05, 0.1) is 12.4 Å². The van der Waals surface area contributed by atoms with Crippen LogP contribution in [0.3, 0.4) is 0 Å². The van der Waals surface area contributed by atoms with Crippen LogP contribution in [0.15, 0.2) is 78.0 Å². The van der Waals surface area contributed by atoms with Crippen molar-refractivity contribution in [2.45, 2.75) is 19.0 Å². The third kappa shape index (κ3) is 5.88. The zero-order valence-electron chi connectivity index (χ0n) is 19.4. The number of ether oxygens (including phenoxy) is 1. The molecular formula is C26H25N5O3S. The molecule has 178 valence electrons. The molecule has 35 heavy (non-hydrogen) atoms. The molecule has 0 unspecified atom stereocenters. The van der Waals surface area contributed by atoms with E-state index >= 15 is 0 Å². The number of thioether (sulfide) groups is 1. The monoisotopic (exact) mass is 487 g/mol. The van der Waals surface area contributed by atoms with E-state index in [9.17, 15) is 9.59 Å². The van der Waals surface area contributed by atoms with Gasteiger partial charge >= 0.3 is 0 Å². The Kier molecular flexibility index (Phi) is 7.47. The largest absolute Gasteiger partial charge is 0.494 e. The van der Waals surface area contributed by atoms with Gasteiger partial charge in [0.2, 0.25) is 11.8 Å². The number of hydrogen-bond acceptors (Lipinski definition) is 6. The number of nitrogens with zero attached hydrogens (tertiary/aromatic N) is 3. The minimum atomic E-state index is -0.517. The molecule has 0 aliphatic rings. The highest BCUT2D eigenvalue weighted by Gasteiger charge is 2.18. The van der Waals surface area contributed by atoms with E-state index in [-0.39, 0.29) is 11.7 Å². The van der Waals surface area contributed by atoms with E-state index in [1.807, 2.05) is 66.9 Å². The lowest BCUT2D eigenvalue weighted by Crippen LogP contribution is -2.15. The van der Waals surface area contributed by atoms with Gasteiger partial charge in [-0.25, -0.2) is 0 Å². The lowest BCUT2D eigenvalue weighted by atomic mass is 10.1. The topological polar surface area (TPSA) is 112 Å². The number of nitrogens with two attached hydrogens (primary N) is 1. The van der Waals surface area contributed by atoms with Gasteiger partial charge in [-0.3, -0.25) is 14.2 Å². The molecule has 4 rings (SSSR count). The summed E-state index contributed by atoms with van der Waals surface area (Å²) in [5.74, 6) is 0.855. The Morgan fingerprint density at radius 3 is 2.29 bits per heavy atom. The molecule has 3 aromatic carbocycles. The maximum absolute atomic E-state index is 12.6. The fourth-order valence-corrected chi connectivity index (χ4v) is 4.14. The van der Waals surface area contributed by atoms with Crippen LogP contribution in [0.2, 0.25) is 0 Å². The Hall–Kier alpha value is -4.11. The molecule has 0 aliphatic carbocycles. The second-order valence-electron chi connectivity index (χ2n) is 7.71. The molecule has 0 saturated carbocycles. The maximum atomic E-state index is 12.6. The maximum Gasteiger partial charge on any atom is 0.248 e. The lowest BCUT2D eigenvalue weighted by molar-refractivity contribution is -0.113. The predicted molar refractivity (Wildman–Crippen MR) is 137 cm³/mol. The van der Waals surface area contributed by atoms with Crippen molar-refractivity contribution in [1.82, 2.24) is 14.8 Å². The number of anilines is 1. The van der Waals surface area contributed by atoms with Gasteiger partial charge in [0.1, 0.15) is 5.75 Å². The van der Waals surface area contributed by atoms with E-state index in [0.717, 1.165) is 22.6 Å². The van der Waals surface area contributed by atoms with Crippen LogP contribution in [-0.2, 0) is 4.79 Å². The summed E-state index contributed by atoms with van der Waals surface area (Å²) in [5, 5.41) is 12.2. The normalized spacial score (nSPS) is 10.7. The van der Waals surface area contributed by atoms with E-state index in [1.165, 1.54) is 11.8 Å². The highest BCUT2D eigenvalue weighted by atomic mass is 32.2. The number of aryl methyl sites for hydroxylation is 1. The van der Waals surface area contributed by atoms with Crippen molar-refractivity contribution in [2.24, 2.45) is 5.73 Å². The number of carbonyl (C=O) groups is 2. The fourth-order valence-electron chi connectivity index (χ4n) is 3.39. The molecule has 8 nitrogen and oxygen atoms in total. The van der Waals surface area contributed by atoms with Crippen molar-refractivity contribution in [2.75, 3.05) is 17.7 Å². The third-order valence-electron chi connectivity index (χ3n) is 5.13. The van der Waals surface area contributed by atoms with Crippen molar-refractivity contribution in [1.29, 1.82) is 0 Å². The summed E-state index contributed by atoms with van der Waals surface area (Å²) in [6.45, 7) is 4.55. The van der Waals surface area contributed by atoms with Crippen LogP contribution in [0, 0.1) is 6.92 Å². The smallest absolute Gasteiger partial charge is 0.248 e. The van der Waals surface area contributed by atoms with Gasteiger partial charge in [0.15, 0.2) is 11.0 Å². The number of amides is 2. The van der Waals surface area contributed by atoms with Gasteiger partial charge in [-0.1, -0.05) is 41.6 Å². The summed E-state index contributed by atoms with van der Waals surface area (Å²) in [6, 6.07) is 22.1. The van der Waals surface area contributed by atoms with Crippen molar-refractivity contribution in [3.63, 3.8) is 0 Å². The van der Waals surface area contributed by atoms with Crippen molar-refractivity contribution >= 4 is 29.3 Å². The average Bonchev–Trinajstić information content (AvgIpc) is 3.28. The Bertz CT molecular complexity index is 1320. The van der Waals surface area contributed by atoms with Crippen LogP contribution in [0.1, 0.15) is 22.8 Å². The molecule has 9 heteroatoms. The van der Waals surface area contributed by atoms with Crippen molar-refractivity contribution < 1.29 is 14.3 Å². The van der Waals surface area contributed by atoms with Crippen LogP contribution >= 0.6 is 11.8 Å². The quantitative estimate of drug-likeness (QED) is 0.337. The SMILES string of the molecule is CCOc1ccc(-n2c(SCC(=O)Nc3ccc(C(N)=O)cc3)nnc2-c2ccc(C)cc2)cc1. The van der Waals surface area contributed by atoms with Gasteiger partial charge in [0.25, 0.3) is 0 Å². The molecular weight excluding hydrogens is 462 g/mol. The first-order valence-electron chi connectivity index (χ1n) is 11.0. The van der Waals surface area contributed by atoms with Gasteiger partial charge in [0, 0.05) is 22.5 Å². The molecule has 1 aromatic heterocycles. The van der Waals surface area contributed by atoms with Crippen molar-refractivity contribution in [3.05, 3.63) is 83.9 Å². The second-order valence-corrected chi connectivity index (χ2v) is 8.66. The summed E-state index contributed by atoms with van der Waals surface area (Å²) >= 11 is 1.28. The molecule has 0 spiro atoms. The number of primary amides is 1. The fraction of sp³-hybridized carbons (Fsp3) is 0.154. The summed E-state index contributed by atoms with van der Waals surface area (Å²) in [5.41, 5.74) is 9.15. The Morgan fingerprint density at radius 2 is 1.66 bits per heavy atom. The number of carbonyl (C=O) groups excluding carboxylic acids is 2. The highest BCUT2D eigenvalue weighted by Crippen LogP contribution is 2.29. The number of rotatable bonds is 9. The van der Waals surface area contributed by atoms with Crippen LogP contribution in [0.25, 0.3) is 17.1 Å². The van der Waals surface area contributed by atoms with Crippen LogP contribution < -0.4 is 15.8 Å². The standard InChI is InChI=1S/C26H25N5O3S/c1-3-34-22-14-12-21(13-15-22)31-25(19-6-4-17(2)5-7-19)29-30-26(31)35-16-23(32)28-20-10-8-18(9-11-20)24(27)33/h4-15H,3,16H2,1-2H3,(H2,27,33)(H,28,32). The number of aromatic nitrogens is 3. The first-order valence-corrected chi connectivity index (χ1v) is 12.0. The molecule has 0 atom stereocenters. The molecule has 3 N–H and O–H groups in total. The number of hydrogen-bond donors (Lipinski definition) is 2. The third-order valence-corrected chi connectivity index (χ3v) is 6.06. The Labute approximate surface area is 207 Å². The molecule has 0 bridgehead atoms. The minimum Gasteiger partial charge on any atom is -0.494 e. The van der Waals surface area contributed by atoms with Gasteiger partial charge in [-0.15, -0.1) is 10.2 Å². The van der Waals surface area contributed by atoms with Crippen LogP contribution in [-0.4, -0.2) is 38.9 Å². The minimum absolute atomic E-state index is 0.126. The molecule has 1 heterocycles. The number of nitrogens with one attached hydrogen (secondary N) is 1. The summed E-state index contributed by atoms with van der Waals surface area (Å²) in [4.78, 5) is 23.8. The predicted octanol–water partition coefficient (Wildman–Crippen LogP) is 4.47. The summed E-state index contributed by atoms with van der Waals surface area (Å²) < 4.78 is 7.50. The van der Waals surface area contributed by atoms with E-state index in [1.54, 1.807) is 24.3 Å². The molecule has 0 fully saturated rings. The lowest BCUT2D eigenvalue weighted by Gasteiger charge is -2.12. The molecule has 0 radical (unpaired) electrons. The second kappa shape index (κ2) is 10.9. The summed E-state index contributed by atoms with van der Waals surface area (Å²) in [6.07, 6.45) is 0. The molecule has 0 saturated heterocycles.